The predicted octanol–water partition coefficient (Wildman–Crippen LogP) is 2.82. The van der Waals surface area contributed by atoms with Crippen LogP contribution in [0.1, 0.15) is 24.2 Å². The molecule has 0 N–H and O–H groups in total. The maximum Gasteiger partial charge on any atom is 0.254 e. The Labute approximate surface area is 171 Å². The minimum Gasteiger partial charge on any atom is -0.368 e. The Hall–Kier alpha value is -2.45. The van der Waals surface area contributed by atoms with Gasteiger partial charge in [0.1, 0.15) is 5.82 Å². The summed E-state index contributed by atoms with van der Waals surface area (Å²) in [5, 5.41) is 0. The van der Waals surface area contributed by atoms with Gasteiger partial charge in [0.15, 0.2) is 0 Å². The van der Waals surface area contributed by atoms with Crippen LogP contribution in [0.25, 0.3) is 0 Å². The minimum absolute atomic E-state index is 0.115. The number of carbonyl (C=O) groups is 1. The third-order valence-corrected chi connectivity index (χ3v) is 7.27. The van der Waals surface area contributed by atoms with Crippen molar-refractivity contribution in [2.24, 2.45) is 0 Å². The van der Waals surface area contributed by atoms with Crippen LogP contribution in [0.15, 0.2) is 53.4 Å². The first-order valence-electron chi connectivity index (χ1n) is 9.58. The smallest absolute Gasteiger partial charge is 0.254 e. The summed E-state index contributed by atoms with van der Waals surface area (Å²) in [6.45, 7) is 5.88. The number of rotatable bonds is 5. The van der Waals surface area contributed by atoms with Crippen LogP contribution in [0.5, 0.6) is 0 Å². The Morgan fingerprint density at radius 1 is 1.03 bits per heavy atom. The first-order valence-corrected chi connectivity index (χ1v) is 11.0. The topological polar surface area (TPSA) is 60.9 Å². The van der Waals surface area contributed by atoms with E-state index in [1.165, 1.54) is 35.6 Å². The number of nitrogens with zero attached hydrogens (tertiary/aromatic N) is 3. The number of hydrogen-bond acceptors (Lipinski definition) is 4. The van der Waals surface area contributed by atoms with Crippen molar-refractivity contribution in [1.29, 1.82) is 0 Å². The molecule has 0 saturated carbocycles. The quantitative estimate of drug-likeness (QED) is 0.748. The van der Waals surface area contributed by atoms with Gasteiger partial charge in [-0.3, -0.25) is 4.79 Å². The van der Waals surface area contributed by atoms with Crippen LogP contribution < -0.4 is 4.90 Å². The van der Waals surface area contributed by atoms with Gasteiger partial charge >= 0.3 is 0 Å². The van der Waals surface area contributed by atoms with Crippen LogP contribution in [0.2, 0.25) is 0 Å². The number of anilines is 1. The third-order valence-electron chi connectivity index (χ3n) is 5.24. The Morgan fingerprint density at radius 2 is 1.66 bits per heavy atom. The van der Waals surface area contributed by atoms with E-state index in [1.807, 2.05) is 0 Å². The average Bonchev–Trinajstić information content (AvgIpc) is 2.73. The number of benzene rings is 2. The molecule has 0 aliphatic carbocycles. The fourth-order valence-corrected chi connectivity index (χ4v) is 4.65. The lowest BCUT2D eigenvalue weighted by Gasteiger charge is -2.36. The Balaban J connectivity index is 1.71. The van der Waals surface area contributed by atoms with Crippen molar-refractivity contribution in [3.63, 3.8) is 0 Å². The zero-order valence-electron chi connectivity index (χ0n) is 16.9. The lowest BCUT2D eigenvalue weighted by atomic mass is 10.1. The molecule has 0 radical (unpaired) electrons. The highest BCUT2D eigenvalue weighted by atomic mass is 32.2. The highest BCUT2D eigenvalue weighted by Crippen LogP contribution is 2.21. The van der Waals surface area contributed by atoms with E-state index in [2.05, 4.69) is 4.90 Å². The zero-order valence-corrected chi connectivity index (χ0v) is 17.7. The molecule has 1 saturated heterocycles. The Bertz CT molecular complexity index is 969. The van der Waals surface area contributed by atoms with Gasteiger partial charge in [0.2, 0.25) is 10.0 Å². The Kier molecular flexibility index (Phi) is 6.24. The molecule has 156 valence electrons. The molecule has 0 aromatic heterocycles. The first-order chi connectivity index (χ1) is 13.7. The molecular formula is C21H26FN3O3S. The number of halogens is 1. The summed E-state index contributed by atoms with van der Waals surface area (Å²) in [6, 6.07) is 12.3. The van der Waals surface area contributed by atoms with E-state index in [0.717, 1.165) is 5.69 Å². The zero-order chi connectivity index (χ0) is 21.2. The highest BCUT2D eigenvalue weighted by Gasteiger charge is 2.26. The number of piperazine rings is 1. The molecule has 2 aromatic rings. The van der Waals surface area contributed by atoms with Crippen molar-refractivity contribution in [2.45, 2.75) is 24.8 Å². The van der Waals surface area contributed by atoms with Gasteiger partial charge in [-0.05, 0) is 56.3 Å². The molecule has 0 spiro atoms. The van der Waals surface area contributed by atoms with Gasteiger partial charge in [-0.15, -0.1) is 0 Å². The molecule has 1 aliphatic rings. The lowest BCUT2D eigenvalue weighted by Crippen LogP contribution is -2.48. The van der Waals surface area contributed by atoms with Crippen molar-refractivity contribution in [1.82, 2.24) is 9.21 Å². The lowest BCUT2D eigenvalue weighted by molar-refractivity contribution is 0.0746. The van der Waals surface area contributed by atoms with Gasteiger partial charge in [0.05, 0.1) is 4.90 Å². The van der Waals surface area contributed by atoms with E-state index in [9.17, 15) is 17.6 Å². The largest absolute Gasteiger partial charge is 0.368 e. The van der Waals surface area contributed by atoms with Crippen LogP contribution in [-0.4, -0.2) is 62.8 Å². The highest BCUT2D eigenvalue weighted by molar-refractivity contribution is 7.89. The SMILES string of the molecule is CC(C)N(C)S(=O)(=O)c1cccc(C(=O)N2CCN(c3ccc(F)cc3)CC2)c1. The van der Waals surface area contributed by atoms with Gasteiger partial charge in [0.25, 0.3) is 5.91 Å². The number of carbonyl (C=O) groups excluding carboxylic acids is 1. The van der Waals surface area contributed by atoms with Gasteiger partial charge in [-0.1, -0.05) is 6.07 Å². The normalized spacial score (nSPS) is 15.2. The molecule has 0 bridgehead atoms. The van der Waals surface area contributed by atoms with Crippen molar-refractivity contribution in [3.8, 4) is 0 Å². The third kappa shape index (κ3) is 4.59. The molecule has 0 unspecified atom stereocenters. The van der Waals surface area contributed by atoms with Crippen LogP contribution in [0, 0.1) is 5.82 Å². The number of hydrogen-bond donors (Lipinski definition) is 0. The number of sulfonamides is 1. The summed E-state index contributed by atoms with van der Waals surface area (Å²) in [6.07, 6.45) is 0. The van der Waals surface area contributed by atoms with E-state index >= 15 is 0 Å². The van der Waals surface area contributed by atoms with Crippen LogP contribution in [0.4, 0.5) is 10.1 Å². The molecule has 1 aliphatic heterocycles. The summed E-state index contributed by atoms with van der Waals surface area (Å²) >= 11 is 0. The van der Waals surface area contributed by atoms with Crippen LogP contribution in [-0.2, 0) is 10.0 Å². The molecule has 3 rings (SSSR count). The summed E-state index contributed by atoms with van der Waals surface area (Å²) in [7, 11) is -2.12. The van der Waals surface area contributed by atoms with Crippen LogP contribution in [0.3, 0.4) is 0 Å². The molecule has 1 fully saturated rings. The van der Waals surface area contributed by atoms with Gasteiger partial charge < -0.3 is 9.80 Å². The molecule has 1 heterocycles. The molecule has 29 heavy (non-hydrogen) atoms. The van der Waals surface area contributed by atoms with Gasteiger partial charge in [-0.25, -0.2) is 12.8 Å². The van der Waals surface area contributed by atoms with Crippen molar-refractivity contribution >= 4 is 21.6 Å². The van der Waals surface area contributed by atoms with E-state index in [0.29, 0.717) is 31.7 Å². The molecule has 0 atom stereocenters. The maximum atomic E-state index is 13.1. The van der Waals surface area contributed by atoms with Gasteiger partial charge in [-0.2, -0.15) is 4.31 Å². The first kappa shape index (κ1) is 21.3. The van der Waals surface area contributed by atoms with E-state index in [-0.39, 0.29) is 22.7 Å². The molecule has 8 heteroatoms. The van der Waals surface area contributed by atoms with Crippen LogP contribution >= 0.6 is 0 Å². The molecule has 1 amide bonds. The minimum atomic E-state index is -3.65. The van der Waals surface area contributed by atoms with E-state index < -0.39 is 10.0 Å². The second-order valence-corrected chi connectivity index (χ2v) is 9.40. The summed E-state index contributed by atoms with van der Waals surface area (Å²) < 4.78 is 39.8. The molecule has 2 aromatic carbocycles. The summed E-state index contributed by atoms with van der Waals surface area (Å²) in [5.41, 5.74) is 1.28. The van der Waals surface area contributed by atoms with Crippen molar-refractivity contribution in [2.75, 3.05) is 38.1 Å². The second kappa shape index (κ2) is 8.51. The molecular weight excluding hydrogens is 393 g/mol. The Morgan fingerprint density at radius 3 is 2.24 bits per heavy atom. The maximum absolute atomic E-state index is 13.1. The summed E-state index contributed by atoms with van der Waals surface area (Å²) in [5.74, 6) is -0.464. The standard InChI is InChI=1S/C21H26FN3O3S/c1-16(2)23(3)29(27,28)20-6-4-5-17(15-20)21(26)25-13-11-24(12-14-25)19-9-7-18(22)8-10-19/h4-10,15-16H,11-14H2,1-3H3. The van der Waals surface area contributed by atoms with E-state index in [1.54, 1.807) is 43.0 Å². The summed E-state index contributed by atoms with van der Waals surface area (Å²) in [4.78, 5) is 16.9. The fraction of sp³-hybridized carbons (Fsp3) is 0.381. The second-order valence-electron chi connectivity index (χ2n) is 7.40. The van der Waals surface area contributed by atoms with Gasteiger partial charge in [0, 0.05) is 50.5 Å². The predicted molar refractivity (Wildman–Crippen MR) is 111 cm³/mol. The van der Waals surface area contributed by atoms with Crippen molar-refractivity contribution in [3.05, 3.63) is 59.9 Å². The average molecular weight is 420 g/mol. The van der Waals surface area contributed by atoms with Crippen molar-refractivity contribution < 1.29 is 17.6 Å². The fourth-order valence-electron chi connectivity index (χ4n) is 3.24. The molecule has 6 nitrogen and oxygen atoms in total. The monoisotopic (exact) mass is 419 g/mol. The number of amides is 1. The van der Waals surface area contributed by atoms with E-state index in [4.69, 9.17) is 0 Å².